The number of aryl methyl sites for hydroxylation is 2. The van der Waals surface area contributed by atoms with Gasteiger partial charge in [-0.2, -0.15) is 0 Å². The second-order valence-electron chi connectivity index (χ2n) is 7.53. The molecule has 0 unspecified atom stereocenters. The van der Waals surface area contributed by atoms with Crippen molar-refractivity contribution in [2.24, 2.45) is 5.92 Å². The number of benzene rings is 2. The van der Waals surface area contributed by atoms with Crippen LogP contribution in [-0.4, -0.2) is 12.9 Å². The second-order valence-corrected chi connectivity index (χ2v) is 7.53. The summed E-state index contributed by atoms with van der Waals surface area (Å²) < 4.78 is 5.43. The first-order chi connectivity index (χ1) is 12.9. The fraction of sp³-hybridized carbons (Fsp3) is 0.400. The van der Waals surface area contributed by atoms with Crippen LogP contribution in [0.25, 0.3) is 5.57 Å². The highest BCUT2D eigenvalue weighted by atomic mass is 16.5. The number of methoxy groups -OCH3 is 1. The van der Waals surface area contributed by atoms with Crippen molar-refractivity contribution in [1.82, 2.24) is 0 Å². The van der Waals surface area contributed by atoms with E-state index in [2.05, 4.69) is 32.9 Å². The minimum atomic E-state index is -0.0366. The molecule has 2 aromatic carbocycles. The smallest absolute Gasteiger partial charge is 0.165 e. The highest BCUT2D eigenvalue weighted by Crippen LogP contribution is 2.32. The molecule has 0 amide bonds. The van der Waals surface area contributed by atoms with E-state index in [0.717, 1.165) is 30.6 Å². The molecule has 0 N–H and O–H groups in total. The third-order valence-electron chi connectivity index (χ3n) is 5.18. The number of rotatable bonds is 8. The topological polar surface area (TPSA) is 26.3 Å². The molecule has 0 aliphatic rings. The third-order valence-corrected chi connectivity index (χ3v) is 5.18. The van der Waals surface area contributed by atoms with E-state index in [0.29, 0.717) is 0 Å². The Morgan fingerprint density at radius 3 is 2.33 bits per heavy atom. The Bertz CT molecular complexity index is 813. The van der Waals surface area contributed by atoms with Crippen LogP contribution in [0.5, 0.6) is 5.75 Å². The molecule has 2 rings (SSSR count). The number of hydrogen-bond acceptors (Lipinski definition) is 2. The summed E-state index contributed by atoms with van der Waals surface area (Å²) in [5, 5.41) is 0. The summed E-state index contributed by atoms with van der Waals surface area (Å²) in [6.45, 7) is 10.6. The van der Waals surface area contributed by atoms with E-state index in [1.165, 1.54) is 27.8 Å². The van der Waals surface area contributed by atoms with E-state index < -0.39 is 0 Å². The molecule has 0 aliphatic heterocycles. The number of hydrogen-bond donors (Lipinski definition) is 0. The van der Waals surface area contributed by atoms with Crippen LogP contribution >= 0.6 is 0 Å². The van der Waals surface area contributed by atoms with Crippen molar-refractivity contribution in [3.8, 4) is 5.75 Å². The predicted molar refractivity (Wildman–Crippen MR) is 115 cm³/mol. The van der Waals surface area contributed by atoms with Crippen LogP contribution < -0.4 is 4.74 Å². The summed E-state index contributed by atoms with van der Waals surface area (Å²) >= 11 is 0. The van der Waals surface area contributed by atoms with Crippen LogP contribution in [0.4, 0.5) is 0 Å². The minimum Gasteiger partial charge on any atom is -0.497 e. The average Bonchev–Trinajstić information content (AvgIpc) is 2.66. The molecule has 2 aromatic rings. The number of carbonyl (C=O) groups is 1. The van der Waals surface area contributed by atoms with Gasteiger partial charge in [0, 0.05) is 11.5 Å². The van der Waals surface area contributed by atoms with Gasteiger partial charge in [-0.3, -0.25) is 4.79 Å². The molecule has 144 valence electrons. The van der Waals surface area contributed by atoms with Crippen molar-refractivity contribution in [2.75, 3.05) is 7.11 Å². The van der Waals surface area contributed by atoms with Gasteiger partial charge in [-0.15, -0.1) is 0 Å². The molecular weight excluding hydrogens is 332 g/mol. The summed E-state index contributed by atoms with van der Waals surface area (Å²) in [7, 11) is 1.70. The normalized spacial score (nSPS) is 13.1. The van der Waals surface area contributed by atoms with Crippen LogP contribution in [0.2, 0.25) is 0 Å². The van der Waals surface area contributed by atoms with E-state index in [-0.39, 0.29) is 11.7 Å². The lowest BCUT2D eigenvalue weighted by atomic mass is 9.87. The molecule has 0 bridgehead atoms. The maximum absolute atomic E-state index is 12.8. The van der Waals surface area contributed by atoms with Crippen molar-refractivity contribution in [1.29, 1.82) is 0 Å². The number of allylic oxidation sites excluding steroid dienone is 2. The largest absolute Gasteiger partial charge is 0.497 e. The number of ketones is 1. The molecule has 27 heavy (non-hydrogen) atoms. The quantitative estimate of drug-likeness (QED) is 0.482. The molecule has 1 atom stereocenters. The lowest BCUT2D eigenvalue weighted by molar-refractivity contribution is 0.0929. The average molecular weight is 365 g/mol. The molecule has 0 aliphatic carbocycles. The van der Waals surface area contributed by atoms with E-state index in [4.69, 9.17) is 4.74 Å². The molecule has 0 saturated carbocycles. The van der Waals surface area contributed by atoms with Crippen LogP contribution in [-0.2, 0) is 0 Å². The zero-order valence-corrected chi connectivity index (χ0v) is 17.6. The molecule has 0 spiro atoms. The first-order valence-corrected chi connectivity index (χ1v) is 9.81. The van der Waals surface area contributed by atoms with Gasteiger partial charge in [0.1, 0.15) is 5.75 Å². The lowest BCUT2D eigenvalue weighted by Crippen LogP contribution is -2.12. The first kappa shape index (κ1) is 21.0. The van der Waals surface area contributed by atoms with E-state index >= 15 is 0 Å². The molecule has 0 heterocycles. The van der Waals surface area contributed by atoms with Crippen molar-refractivity contribution in [3.05, 3.63) is 70.3 Å². The van der Waals surface area contributed by atoms with E-state index in [9.17, 15) is 4.79 Å². The lowest BCUT2D eigenvalue weighted by Gasteiger charge is -2.18. The Kier molecular flexibility index (Phi) is 7.41. The Morgan fingerprint density at radius 2 is 1.74 bits per heavy atom. The van der Waals surface area contributed by atoms with Gasteiger partial charge in [0.2, 0.25) is 0 Å². The highest BCUT2D eigenvalue weighted by molar-refractivity contribution is 5.98. The van der Waals surface area contributed by atoms with Crippen LogP contribution in [0, 0.1) is 19.8 Å². The fourth-order valence-corrected chi connectivity index (χ4v) is 3.56. The van der Waals surface area contributed by atoms with Crippen molar-refractivity contribution in [3.63, 3.8) is 0 Å². The van der Waals surface area contributed by atoms with Crippen molar-refractivity contribution in [2.45, 2.75) is 53.9 Å². The number of carbonyl (C=O) groups excluding carboxylic acids is 1. The summed E-state index contributed by atoms with van der Waals surface area (Å²) in [4.78, 5) is 12.8. The molecule has 0 saturated heterocycles. The van der Waals surface area contributed by atoms with Gasteiger partial charge in [0.25, 0.3) is 0 Å². The Labute approximate surface area is 164 Å². The standard InChI is InChI=1S/C25H32O2/c1-7-8-23(24-16-22(27-6)14-11-18(24)3)19(4)15-20(5)25(26)21-12-9-17(2)10-13-21/h9-14,16,20H,7-8,15H2,1-6H3/b23-19-/t20-/m0/s1. The molecule has 2 heteroatoms. The Hall–Kier alpha value is -2.35. The van der Waals surface area contributed by atoms with Gasteiger partial charge in [-0.1, -0.05) is 61.7 Å². The van der Waals surface area contributed by atoms with Crippen LogP contribution in [0.15, 0.2) is 48.0 Å². The molecule has 0 aromatic heterocycles. The third kappa shape index (κ3) is 5.32. The molecule has 2 nitrogen and oxygen atoms in total. The SMILES string of the molecule is CCC/C(=C(\C)C[C@H](C)C(=O)c1ccc(C)cc1)c1cc(OC)ccc1C. The molecular formula is C25H32O2. The van der Waals surface area contributed by atoms with Gasteiger partial charge in [0.15, 0.2) is 5.78 Å². The zero-order chi connectivity index (χ0) is 20.0. The summed E-state index contributed by atoms with van der Waals surface area (Å²) in [6.07, 6.45) is 2.85. The summed E-state index contributed by atoms with van der Waals surface area (Å²) in [5.74, 6) is 1.05. The van der Waals surface area contributed by atoms with Gasteiger partial charge in [-0.05, 0) is 62.4 Å². The zero-order valence-electron chi connectivity index (χ0n) is 17.6. The Balaban J connectivity index is 2.31. The van der Waals surface area contributed by atoms with Crippen LogP contribution in [0.1, 0.15) is 67.1 Å². The maximum atomic E-state index is 12.8. The molecule has 0 radical (unpaired) electrons. The number of ether oxygens (including phenoxy) is 1. The van der Waals surface area contributed by atoms with Gasteiger partial charge in [-0.25, -0.2) is 0 Å². The second kappa shape index (κ2) is 9.55. The van der Waals surface area contributed by atoms with Crippen molar-refractivity contribution >= 4 is 11.4 Å². The highest BCUT2D eigenvalue weighted by Gasteiger charge is 2.18. The van der Waals surface area contributed by atoms with Crippen molar-refractivity contribution < 1.29 is 9.53 Å². The maximum Gasteiger partial charge on any atom is 0.165 e. The van der Waals surface area contributed by atoms with Crippen LogP contribution in [0.3, 0.4) is 0 Å². The van der Waals surface area contributed by atoms with Gasteiger partial charge < -0.3 is 4.74 Å². The summed E-state index contributed by atoms with van der Waals surface area (Å²) in [6, 6.07) is 14.1. The first-order valence-electron chi connectivity index (χ1n) is 9.81. The van der Waals surface area contributed by atoms with Gasteiger partial charge in [0.05, 0.1) is 7.11 Å². The summed E-state index contributed by atoms with van der Waals surface area (Å²) in [5.41, 5.74) is 7.10. The predicted octanol–water partition coefficient (Wildman–Crippen LogP) is 6.79. The fourth-order valence-electron chi connectivity index (χ4n) is 3.56. The number of Topliss-reactive ketones (excluding diaryl/α,β-unsaturated/α-hetero) is 1. The Morgan fingerprint density at radius 1 is 1.07 bits per heavy atom. The van der Waals surface area contributed by atoms with E-state index in [1.807, 2.05) is 44.2 Å². The minimum absolute atomic E-state index is 0.0366. The van der Waals surface area contributed by atoms with Gasteiger partial charge >= 0.3 is 0 Å². The van der Waals surface area contributed by atoms with E-state index in [1.54, 1.807) is 7.11 Å². The molecule has 0 fully saturated rings. The monoisotopic (exact) mass is 364 g/mol.